The normalized spacial score (nSPS) is 18.7. The maximum atomic E-state index is 5.20. The Balaban J connectivity index is 1.34. The molecule has 1 aromatic heterocycles. The third kappa shape index (κ3) is 3.26. The summed E-state index contributed by atoms with van der Waals surface area (Å²) in [5.41, 5.74) is 12.2. The van der Waals surface area contributed by atoms with Gasteiger partial charge in [-0.1, -0.05) is 104 Å². The highest BCUT2D eigenvalue weighted by atomic mass is 15.1. The molecule has 40 heavy (non-hydrogen) atoms. The first kappa shape index (κ1) is 23.0. The van der Waals surface area contributed by atoms with E-state index in [1.54, 1.807) is 0 Å². The molecule has 2 nitrogen and oxygen atoms in total. The van der Waals surface area contributed by atoms with Crippen LogP contribution < -0.4 is 0 Å². The first-order valence-corrected chi connectivity index (χ1v) is 14.0. The molecule has 2 unspecified atom stereocenters. The molecule has 3 aliphatic rings. The van der Waals surface area contributed by atoms with Gasteiger partial charge in [-0.15, -0.1) is 0 Å². The Kier molecular flexibility index (Phi) is 5.05. The van der Waals surface area contributed by atoms with Crippen LogP contribution in [0.4, 0.5) is 0 Å². The third-order valence-corrected chi connectivity index (χ3v) is 8.65. The molecule has 0 bridgehead atoms. The molecule has 2 heterocycles. The van der Waals surface area contributed by atoms with Crippen LogP contribution in [0.25, 0.3) is 56.3 Å². The summed E-state index contributed by atoms with van der Waals surface area (Å²) in [5.74, 6) is 1.58. The van der Waals surface area contributed by atoms with E-state index in [4.69, 9.17) is 4.98 Å². The fourth-order valence-corrected chi connectivity index (χ4v) is 6.81. The number of imidazole rings is 1. The topological polar surface area (TPSA) is 17.8 Å². The Labute approximate surface area is 234 Å². The summed E-state index contributed by atoms with van der Waals surface area (Å²) in [6.07, 6.45) is 19.7. The summed E-state index contributed by atoms with van der Waals surface area (Å²) in [7, 11) is 0. The van der Waals surface area contributed by atoms with Crippen molar-refractivity contribution in [2.75, 3.05) is 0 Å². The second-order valence-electron chi connectivity index (χ2n) is 10.8. The molecule has 5 aromatic rings. The summed E-state index contributed by atoms with van der Waals surface area (Å²) >= 11 is 0. The van der Waals surface area contributed by atoms with Crippen molar-refractivity contribution in [1.82, 2.24) is 9.55 Å². The lowest BCUT2D eigenvalue weighted by atomic mass is 9.71. The summed E-state index contributed by atoms with van der Waals surface area (Å²) < 4.78 is 2.39. The third-order valence-electron chi connectivity index (χ3n) is 8.65. The number of rotatable bonds is 3. The molecular weight excluding hydrogens is 484 g/mol. The number of nitrogens with zero attached hydrogens (tertiary/aromatic N) is 2. The van der Waals surface area contributed by atoms with Gasteiger partial charge in [-0.25, -0.2) is 4.98 Å². The van der Waals surface area contributed by atoms with Crippen LogP contribution in [0.3, 0.4) is 0 Å². The highest BCUT2D eigenvalue weighted by Crippen LogP contribution is 2.51. The Morgan fingerprint density at radius 1 is 0.900 bits per heavy atom. The molecule has 2 heteroatoms. The van der Waals surface area contributed by atoms with Crippen LogP contribution in [0, 0.1) is 5.92 Å². The van der Waals surface area contributed by atoms with Gasteiger partial charge < -0.3 is 0 Å². The molecule has 190 valence electrons. The van der Waals surface area contributed by atoms with Crippen molar-refractivity contribution in [1.29, 1.82) is 0 Å². The van der Waals surface area contributed by atoms with E-state index in [0.29, 0.717) is 0 Å². The fraction of sp³-hybridized carbons (Fsp3) is 0.0789. The molecule has 0 amide bonds. The van der Waals surface area contributed by atoms with E-state index in [9.17, 15) is 0 Å². The highest BCUT2D eigenvalue weighted by Gasteiger charge is 2.39. The maximum Gasteiger partial charge on any atom is 0.123 e. The SMILES string of the molecule is C=Cc1ccc2cc(-c3ccc4c(c3)C3=CC=C5C=CC=CC5C3c3nc5ccccc5n3-4)ccc2c1/C=C\C. The predicted octanol–water partition coefficient (Wildman–Crippen LogP) is 9.68. The molecule has 0 spiro atoms. The number of allylic oxidation sites excluding steroid dienone is 9. The first-order valence-electron chi connectivity index (χ1n) is 14.0. The second-order valence-corrected chi connectivity index (χ2v) is 10.8. The molecule has 1 aliphatic heterocycles. The molecule has 0 radical (unpaired) electrons. The quantitative estimate of drug-likeness (QED) is 0.235. The zero-order valence-corrected chi connectivity index (χ0v) is 22.4. The monoisotopic (exact) mass is 512 g/mol. The van der Waals surface area contributed by atoms with E-state index in [1.165, 1.54) is 49.9 Å². The molecule has 0 fully saturated rings. The highest BCUT2D eigenvalue weighted by molar-refractivity contribution is 5.97. The van der Waals surface area contributed by atoms with Gasteiger partial charge in [-0.05, 0) is 81.4 Å². The van der Waals surface area contributed by atoms with E-state index in [1.807, 2.05) is 6.08 Å². The second kappa shape index (κ2) is 8.79. The van der Waals surface area contributed by atoms with Gasteiger partial charge in [0.05, 0.1) is 22.6 Å². The van der Waals surface area contributed by atoms with Crippen LogP contribution in [-0.2, 0) is 0 Å². The number of para-hydroxylation sites is 2. The first-order chi connectivity index (χ1) is 19.7. The van der Waals surface area contributed by atoms with Crippen LogP contribution in [0.1, 0.15) is 35.4 Å². The molecule has 0 N–H and O–H groups in total. The standard InChI is InChI=1S/C38H28N2/c1-3-9-29-24(4-2)14-15-28-22-26(17-19-30(28)29)27-18-21-35-33(23-27)32-20-16-25-10-5-6-11-31(25)37(32)38-39-34-12-7-8-13-36(34)40(35)38/h3-23,31,37H,2H2,1H3/b9-3-. The van der Waals surface area contributed by atoms with Crippen molar-refractivity contribution in [2.24, 2.45) is 5.92 Å². The van der Waals surface area contributed by atoms with Gasteiger partial charge in [0.15, 0.2) is 0 Å². The van der Waals surface area contributed by atoms with Crippen molar-refractivity contribution in [3.8, 4) is 16.8 Å². The summed E-state index contributed by atoms with van der Waals surface area (Å²) in [5, 5.41) is 2.48. The van der Waals surface area contributed by atoms with Gasteiger partial charge >= 0.3 is 0 Å². The Hall–Kier alpha value is -4.95. The van der Waals surface area contributed by atoms with Gasteiger partial charge in [0.1, 0.15) is 5.82 Å². The number of hydrogen-bond donors (Lipinski definition) is 0. The van der Waals surface area contributed by atoms with Crippen molar-refractivity contribution in [2.45, 2.75) is 12.8 Å². The molecule has 2 atom stereocenters. The predicted molar refractivity (Wildman–Crippen MR) is 169 cm³/mol. The summed E-state index contributed by atoms with van der Waals surface area (Å²) in [4.78, 5) is 5.20. The lowest BCUT2D eigenvalue weighted by Crippen LogP contribution is -2.26. The molecule has 0 saturated heterocycles. The zero-order valence-electron chi connectivity index (χ0n) is 22.4. The Morgan fingerprint density at radius 2 is 1.77 bits per heavy atom. The minimum absolute atomic E-state index is 0.175. The van der Waals surface area contributed by atoms with E-state index in [0.717, 1.165) is 22.4 Å². The Morgan fingerprint density at radius 3 is 2.67 bits per heavy atom. The van der Waals surface area contributed by atoms with E-state index < -0.39 is 0 Å². The van der Waals surface area contributed by atoms with Gasteiger partial charge in [-0.3, -0.25) is 4.57 Å². The van der Waals surface area contributed by atoms with E-state index in [-0.39, 0.29) is 11.8 Å². The Bertz CT molecular complexity index is 2040. The van der Waals surface area contributed by atoms with E-state index in [2.05, 4.69) is 139 Å². The minimum atomic E-state index is 0.175. The molecule has 8 rings (SSSR count). The van der Waals surface area contributed by atoms with Gasteiger partial charge in [-0.2, -0.15) is 0 Å². The smallest absolute Gasteiger partial charge is 0.123 e. The summed E-state index contributed by atoms with van der Waals surface area (Å²) in [6, 6.07) is 26.6. The molecule has 4 aromatic carbocycles. The summed E-state index contributed by atoms with van der Waals surface area (Å²) in [6.45, 7) is 6.08. The molecule has 0 saturated carbocycles. The van der Waals surface area contributed by atoms with Crippen LogP contribution in [0.15, 0.2) is 127 Å². The van der Waals surface area contributed by atoms with Gasteiger partial charge in [0.2, 0.25) is 0 Å². The zero-order chi connectivity index (χ0) is 26.8. The van der Waals surface area contributed by atoms with E-state index >= 15 is 0 Å². The number of fused-ring (bicyclic) bond motifs is 11. The van der Waals surface area contributed by atoms with Crippen LogP contribution in [0.5, 0.6) is 0 Å². The molecular formula is C38H28N2. The largest absolute Gasteiger partial charge is 0.295 e. The van der Waals surface area contributed by atoms with Gasteiger partial charge in [0, 0.05) is 11.5 Å². The molecule has 2 aliphatic carbocycles. The number of hydrogen-bond acceptors (Lipinski definition) is 1. The van der Waals surface area contributed by atoms with Gasteiger partial charge in [0.25, 0.3) is 0 Å². The van der Waals surface area contributed by atoms with Crippen molar-refractivity contribution in [3.05, 3.63) is 150 Å². The minimum Gasteiger partial charge on any atom is -0.295 e. The fourth-order valence-electron chi connectivity index (χ4n) is 6.81. The average Bonchev–Trinajstić information content (AvgIpc) is 3.40. The number of benzene rings is 4. The number of aromatic nitrogens is 2. The van der Waals surface area contributed by atoms with Crippen LogP contribution >= 0.6 is 0 Å². The average molecular weight is 513 g/mol. The van der Waals surface area contributed by atoms with Crippen LogP contribution in [0.2, 0.25) is 0 Å². The lowest BCUT2D eigenvalue weighted by molar-refractivity contribution is 0.629. The van der Waals surface area contributed by atoms with Crippen molar-refractivity contribution in [3.63, 3.8) is 0 Å². The maximum absolute atomic E-state index is 5.20. The lowest BCUT2D eigenvalue weighted by Gasteiger charge is -2.37. The van der Waals surface area contributed by atoms with Crippen molar-refractivity contribution < 1.29 is 0 Å². The van der Waals surface area contributed by atoms with Crippen molar-refractivity contribution >= 4 is 39.5 Å². The van der Waals surface area contributed by atoms with Crippen LogP contribution in [-0.4, -0.2) is 9.55 Å².